The van der Waals surface area contributed by atoms with Gasteiger partial charge in [0.1, 0.15) is 17.3 Å². The highest BCUT2D eigenvalue weighted by Gasteiger charge is 2.25. The largest absolute Gasteiger partial charge is 0.396 e. The Labute approximate surface area is 195 Å². The molecule has 4 aromatic rings. The van der Waals surface area contributed by atoms with Crippen LogP contribution >= 0.6 is 0 Å². The van der Waals surface area contributed by atoms with E-state index in [4.69, 9.17) is 4.98 Å². The lowest BCUT2D eigenvalue weighted by Gasteiger charge is -2.28. The molecular weight excluding hydrogens is 437 g/mol. The van der Waals surface area contributed by atoms with Crippen LogP contribution in [0, 0.1) is 11.7 Å². The minimum atomic E-state index is -0.397. The molecule has 3 aromatic heterocycles. The molecule has 0 radical (unpaired) electrons. The number of aromatic amines is 1. The number of aliphatic hydroxyl groups is 1. The molecule has 0 bridgehead atoms. The minimum Gasteiger partial charge on any atom is -0.396 e. The van der Waals surface area contributed by atoms with Crippen molar-refractivity contribution in [3.05, 3.63) is 59.8 Å². The average molecular weight is 464 g/mol. The molecule has 1 aliphatic carbocycles. The number of benzene rings is 1. The van der Waals surface area contributed by atoms with Crippen LogP contribution in [0.1, 0.15) is 41.6 Å². The molecule has 176 valence electrons. The third-order valence-corrected chi connectivity index (χ3v) is 6.29. The van der Waals surface area contributed by atoms with Crippen LogP contribution in [0.2, 0.25) is 0 Å². The summed E-state index contributed by atoms with van der Waals surface area (Å²) in [6.07, 6.45) is 8.76. The number of H-pyrrole nitrogens is 1. The monoisotopic (exact) mass is 463 g/mol. The zero-order valence-corrected chi connectivity index (χ0v) is 18.8. The summed E-state index contributed by atoms with van der Waals surface area (Å²) in [6.45, 7) is 0.206. The Balaban J connectivity index is 1.52. The van der Waals surface area contributed by atoms with Crippen molar-refractivity contribution in [2.75, 3.05) is 17.2 Å². The highest BCUT2D eigenvalue weighted by molar-refractivity contribution is 6.18. The molecule has 1 fully saturated rings. The van der Waals surface area contributed by atoms with E-state index < -0.39 is 5.82 Å². The van der Waals surface area contributed by atoms with Crippen LogP contribution in [0.4, 0.5) is 21.8 Å². The number of carbonyl (C=O) groups is 1. The average Bonchev–Trinajstić information content (AvgIpc) is 3.45. The summed E-state index contributed by atoms with van der Waals surface area (Å²) in [5.41, 5.74) is 2.05. The number of carbonyl (C=O) groups excluding carboxylic acids is 1. The van der Waals surface area contributed by atoms with Gasteiger partial charge in [-0.25, -0.2) is 4.39 Å². The zero-order chi connectivity index (χ0) is 23.7. The van der Waals surface area contributed by atoms with Crippen LogP contribution in [0.25, 0.3) is 11.0 Å². The quantitative estimate of drug-likeness (QED) is 0.308. The van der Waals surface area contributed by atoms with Crippen molar-refractivity contribution in [2.45, 2.75) is 31.7 Å². The number of aromatic nitrogens is 5. The number of aliphatic hydroxyl groups excluding tert-OH is 1. The van der Waals surface area contributed by atoms with Crippen molar-refractivity contribution in [3.8, 4) is 0 Å². The maximum absolute atomic E-state index is 13.4. The molecule has 0 amide bonds. The Morgan fingerprint density at radius 3 is 2.65 bits per heavy atom. The van der Waals surface area contributed by atoms with E-state index in [0.29, 0.717) is 39.8 Å². The first-order valence-electron chi connectivity index (χ1n) is 11.3. The lowest BCUT2D eigenvalue weighted by molar-refractivity contribution is 0.104. The third-order valence-electron chi connectivity index (χ3n) is 6.29. The van der Waals surface area contributed by atoms with Crippen LogP contribution in [-0.2, 0) is 7.05 Å². The molecule has 5 rings (SSSR count). The Morgan fingerprint density at radius 1 is 1.21 bits per heavy atom. The summed E-state index contributed by atoms with van der Waals surface area (Å²) >= 11 is 0. The molecule has 9 nitrogen and oxygen atoms in total. The second-order valence-electron chi connectivity index (χ2n) is 8.73. The third kappa shape index (κ3) is 4.49. The van der Waals surface area contributed by atoms with Crippen molar-refractivity contribution in [1.82, 2.24) is 24.7 Å². The first-order valence-corrected chi connectivity index (χ1v) is 11.3. The zero-order valence-electron chi connectivity index (χ0n) is 18.8. The number of fused-ring (bicyclic) bond motifs is 1. The maximum Gasteiger partial charge on any atom is 0.231 e. The van der Waals surface area contributed by atoms with E-state index in [2.05, 4.69) is 25.7 Å². The van der Waals surface area contributed by atoms with E-state index in [9.17, 15) is 14.3 Å². The van der Waals surface area contributed by atoms with Gasteiger partial charge in [0.05, 0.1) is 22.8 Å². The second-order valence-corrected chi connectivity index (χ2v) is 8.73. The molecular formula is C24H26FN7O2. The van der Waals surface area contributed by atoms with Crippen LogP contribution < -0.4 is 10.6 Å². The van der Waals surface area contributed by atoms with Gasteiger partial charge in [0.15, 0.2) is 5.78 Å². The summed E-state index contributed by atoms with van der Waals surface area (Å²) in [5.74, 6) is 0.611. The number of anilines is 3. The van der Waals surface area contributed by atoms with E-state index in [1.807, 2.05) is 13.2 Å². The van der Waals surface area contributed by atoms with E-state index in [0.717, 1.165) is 31.4 Å². The van der Waals surface area contributed by atoms with E-state index >= 15 is 0 Å². The van der Waals surface area contributed by atoms with Crippen LogP contribution in [0.15, 0.2) is 42.9 Å². The van der Waals surface area contributed by atoms with Crippen molar-refractivity contribution in [3.63, 3.8) is 0 Å². The maximum atomic E-state index is 13.4. The molecule has 4 N–H and O–H groups in total. The molecule has 34 heavy (non-hydrogen) atoms. The topological polar surface area (TPSA) is 121 Å². The Hall–Kier alpha value is -3.79. The lowest BCUT2D eigenvalue weighted by atomic mass is 9.86. The first kappa shape index (κ1) is 22.0. The summed E-state index contributed by atoms with van der Waals surface area (Å²) in [5, 5.41) is 20.9. The van der Waals surface area contributed by atoms with E-state index in [1.54, 1.807) is 17.1 Å². The smallest absolute Gasteiger partial charge is 0.231 e. The fourth-order valence-corrected chi connectivity index (χ4v) is 4.43. The van der Waals surface area contributed by atoms with Gasteiger partial charge in [-0.2, -0.15) is 15.1 Å². The summed E-state index contributed by atoms with van der Waals surface area (Å²) in [7, 11) is 1.82. The van der Waals surface area contributed by atoms with Gasteiger partial charge in [-0.05, 0) is 55.9 Å². The number of nitrogens with one attached hydrogen (secondary N) is 3. The first-order chi connectivity index (χ1) is 16.5. The molecule has 1 aromatic carbocycles. The summed E-state index contributed by atoms with van der Waals surface area (Å²) in [6, 6.07) is 5.65. The number of rotatable bonds is 7. The molecule has 0 unspecified atom stereocenters. The lowest BCUT2D eigenvalue weighted by Crippen LogP contribution is -2.28. The summed E-state index contributed by atoms with van der Waals surface area (Å²) < 4.78 is 15.0. The van der Waals surface area contributed by atoms with Gasteiger partial charge in [-0.1, -0.05) is 0 Å². The number of hydrogen-bond acceptors (Lipinski definition) is 7. The summed E-state index contributed by atoms with van der Waals surface area (Å²) in [4.78, 5) is 25.6. The Morgan fingerprint density at radius 2 is 1.97 bits per heavy atom. The van der Waals surface area contributed by atoms with Crippen molar-refractivity contribution < 1.29 is 14.3 Å². The fourth-order valence-electron chi connectivity index (χ4n) is 4.43. The minimum absolute atomic E-state index is 0.163. The number of aryl methyl sites for hydroxylation is 1. The van der Waals surface area contributed by atoms with Gasteiger partial charge < -0.3 is 20.7 Å². The van der Waals surface area contributed by atoms with Gasteiger partial charge in [0.2, 0.25) is 5.95 Å². The predicted octanol–water partition coefficient (Wildman–Crippen LogP) is 3.77. The van der Waals surface area contributed by atoms with E-state index in [1.165, 1.54) is 24.3 Å². The van der Waals surface area contributed by atoms with Gasteiger partial charge in [-0.3, -0.25) is 9.48 Å². The van der Waals surface area contributed by atoms with Gasteiger partial charge in [0, 0.05) is 37.7 Å². The molecule has 10 heteroatoms. The van der Waals surface area contributed by atoms with Crippen LogP contribution in [-0.4, -0.2) is 48.3 Å². The van der Waals surface area contributed by atoms with Crippen LogP contribution in [0.3, 0.4) is 0 Å². The number of halogens is 1. The Kier molecular flexibility index (Phi) is 5.97. The molecule has 1 aliphatic rings. The van der Waals surface area contributed by atoms with Crippen molar-refractivity contribution >= 4 is 34.3 Å². The number of ketones is 1. The normalized spacial score (nSPS) is 18.2. The molecule has 0 atom stereocenters. The van der Waals surface area contributed by atoms with Gasteiger partial charge in [0.25, 0.3) is 0 Å². The van der Waals surface area contributed by atoms with Crippen molar-refractivity contribution in [1.29, 1.82) is 0 Å². The number of hydrogen-bond donors (Lipinski definition) is 4. The number of nitrogens with zero attached hydrogens (tertiary/aromatic N) is 4. The second kappa shape index (κ2) is 9.22. The van der Waals surface area contributed by atoms with E-state index in [-0.39, 0.29) is 18.4 Å². The van der Waals surface area contributed by atoms with Crippen LogP contribution in [0.5, 0.6) is 0 Å². The Bertz CT molecular complexity index is 1310. The standard InChI is InChI=1S/C24H26FN7O2/c1-32-12-18(10-27-32)29-24-30-22-20(23(31-24)28-17-8-2-14(13-33)3-9-17)19(11-26-22)21(34)15-4-6-16(25)7-5-15/h4-7,10-12,14,17,33H,2-3,8-9,13H2,1H3,(H3,26,28,29,30,31). The van der Waals surface area contributed by atoms with Crippen molar-refractivity contribution in [2.24, 2.45) is 13.0 Å². The molecule has 3 heterocycles. The van der Waals surface area contributed by atoms with Gasteiger partial charge in [-0.15, -0.1) is 0 Å². The molecule has 1 saturated carbocycles. The highest BCUT2D eigenvalue weighted by atomic mass is 19.1. The molecule has 0 spiro atoms. The highest BCUT2D eigenvalue weighted by Crippen LogP contribution is 2.32. The molecule has 0 saturated heterocycles. The van der Waals surface area contributed by atoms with Gasteiger partial charge >= 0.3 is 0 Å². The SMILES string of the molecule is Cn1cc(Nc2nc(NC3CCC(CO)CC3)c3c(C(=O)c4ccc(F)cc4)c[nH]c3n2)cn1. The molecule has 0 aliphatic heterocycles. The predicted molar refractivity (Wildman–Crippen MR) is 127 cm³/mol. The fraction of sp³-hybridized carbons (Fsp3) is 0.333.